The van der Waals surface area contributed by atoms with Crippen LogP contribution < -0.4 is 9.80 Å². The smallest absolute Gasteiger partial charge is 0.253 e. The number of ether oxygens (including phenoxy) is 1. The summed E-state index contributed by atoms with van der Waals surface area (Å²) in [6.45, 7) is 9.23. The van der Waals surface area contributed by atoms with Crippen LogP contribution in [0.1, 0.15) is 55.1 Å². The molecule has 0 saturated carbocycles. The Hall–Kier alpha value is -2.69. The number of likely N-dealkylation sites (tertiary alicyclic amines) is 1. The molecule has 11 heteroatoms. The SMILES string of the molecule is CC1CC(C)CN(C(=O)c2cc(C3CCCN3c3cc(F)cc(F)c3)c3nc(N4CCOCC4)cnc3c2)C1.SCl. The van der Waals surface area contributed by atoms with Crippen LogP contribution in [0.25, 0.3) is 11.0 Å². The van der Waals surface area contributed by atoms with Crippen molar-refractivity contribution >= 4 is 51.0 Å². The lowest BCUT2D eigenvalue weighted by Crippen LogP contribution is -2.42. The Morgan fingerprint density at radius 3 is 2.37 bits per heavy atom. The van der Waals surface area contributed by atoms with Crippen molar-refractivity contribution < 1.29 is 18.3 Å². The molecule has 3 aliphatic heterocycles. The highest BCUT2D eigenvalue weighted by Gasteiger charge is 2.32. The van der Waals surface area contributed by atoms with E-state index in [2.05, 4.69) is 41.3 Å². The maximum absolute atomic E-state index is 14.2. The van der Waals surface area contributed by atoms with Crippen molar-refractivity contribution in [2.45, 2.75) is 39.2 Å². The summed E-state index contributed by atoms with van der Waals surface area (Å²) in [5.74, 6) is 0.450. The molecule has 1 amide bonds. The van der Waals surface area contributed by atoms with Gasteiger partial charge in [-0.1, -0.05) is 25.7 Å². The number of carbonyl (C=O) groups is 1. The highest BCUT2D eigenvalue weighted by molar-refractivity contribution is 8.05. The van der Waals surface area contributed by atoms with Crippen molar-refractivity contribution in [2.75, 3.05) is 55.7 Å². The fourth-order valence-electron chi connectivity index (χ4n) is 6.57. The minimum Gasteiger partial charge on any atom is -0.378 e. The summed E-state index contributed by atoms with van der Waals surface area (Å²) in [6, 6.07) is 7.26. The first-order valence-electron chi connectivity index (χ1n) is 14.2. The molecule has 4 heterocycles. The molecule has 220 valence electrons. The van der Waals surface area contributed by atoms with Crippen LogP contribution in [0.15, 0.2) is 36.5 Å². The van der Waals surface area contributed by atoms with Gasteiger partial charge in [-0.25, -0.2) is 13.8 Å². The Morgan fingerprint density at radius 1 is 1.00 bits per heavy atom. The maximum atomic E-state index is 14.2. The molecule has 41 heavy (non-hydrogen) atoms. The van der Waals surface area contributed by atoms with E-state index in [-0.39, 0.29) is 11.9 Å². The van der Waals surface area contributed by atoms with E-state index in [1.54, 1.807) is 6.20 Å². The number of carbonyl (C=O) groups excluding carboxylic acids is 1. The highest BCUT2D eigenvalue weighted by atomic mass is 35.7. The first-order chi connectivity index (χ1) is 19.9. The van der Waals surface area contributed by atoms with Crippen molar-refractivity contribution in [3.63, 3.8) is 0 Å². The Bertz CT molecular complexity index is 1360. The summed E-state index contributed by atoms with van der Waals surface area (Å²) in [7, 11) is 4.33. The van der Waals surface area contributed by atoms with Crippen LogP contribution in [0.3, 0.4) is 0 Å². The molecule has 0 spiro atoms. The topological polar surface area (TPSA) is 61.8 Å². The lowest BCUT2D eigenvalue weighted by molar-refractivity contribution is 0.0623. The van der Waals surface area contributed by atoms with Crippen LogP contribution in [0.4, 0.5) is 20.3 Å². The average Bonchev–Trinajstić information content (AvgIpc) is 3.46. The van der Waals surface area contributed by atoms with Gasteiger partial charge in [-0.3, -0.25) is 9.78 Å². The molecule has 3 aliphatic rings. The normalized spacial score (nSPS) is 23.0. The Balaban J connectivity index is 0.00000165. The first-order valence-corrected chi connectivity index (χ1v) is 15.5. The molecule has 3 saturated heterocycles. The Morgan fingerprint density at radius 2 is 1.68 bits per heavy atom. The van der Waals surface area contributed by atoms with E-state index < -0.39 is 11.6 Å². The van der Waals surface area contributed by atoms with Gasteiger partial charge in [-0.05, 0) is 66.0 Å². The molecular formula is C30H36ClF2N5O2S. The van der Waals surface area contributed by atoms with Gasteiger partial charge in [0, 0.05) is 55.6 Å². The number of fused-ring (bicyclic) bond motifs is 1. The molecule has 0 bridgehead atoms. The molecule has 2 aromatic carbocycles. The summed E-state index contributed by atoms with van der Waals surface area (Å²) in [6.07, 6.45) is 4.53. The number of benzene rings is 2. The van der Waals surface area contributed by atoms with Gasteiger partial charge in [0.15, 0.2) is 0 Å². The second kappa shape index (κ2) is 13.1. The number of hydrogen-bond acceptors (Lipinski definition) is 7. The van der Waals surface area contributed by atoms with E-state index >= 15 is 0 Å². The number of halogens is 3. The minimum absolute atomic E-state index is 0.00282. The molecule has 7 nitrogen and oxygen atoms in total. The van der Waals surface area contributed by atoms with Gasteiger partial charge in [-0.2, -0.15) is 0 Å². The van der Waals surface area contributed by atoms with E-state index in [0.717, 1.165) is 68.4 Å². The van der Waals surface area contributed by atoms with Crippen LogP contribution >= 0.6 is 22.5 Å². The number of thiol groups is 1. The molecule has 6 rings (SSSR count). The van der Waals surface area contributed by atoms with Crippen LogP contribution in [0, 0.1) is 23.5 Å². The zero-order valence-electron chi connectivity index (χ0n) is 23.4. The molecule has 3 atom stereocenters. The second-order valence-electron chi connectivity index (χ2n) is 11.4. The number of amides is 1. The van der Waals surface area contributed by atoms with Gasteiger partial charge < -0.3 is 19.4 Å². The van der Waals surface area contributed by atoms with Gasteiger partial charge in [0.1, 0.15) is 17.5 Å². The van der Waals surface area contributed by atoms with E-state index in [0.29, 0.717) is 48.4 Å². The molecule has 3 fully saturated rings. The largest absolute Gasteiger partial charge is 0.378 e. The quantitative estimate of drug-likeness (QED) is 0.355. The van der Waals surface area contributed by atoms with Gasteiger partial charge in [-0.15, -0.1) is 0 Å². The highest BCUT2D eigenvalue weighted by Crippen LogP contribution is 2.40. The fraction of sp³-hybridized carbons (Fsp3) is 0.500. The second-order valence-corrected chi connectivity index (χ2v) is 11.4. The lowest BCUT2D eigenvalue weighted by atomic mass is 9.91. The van der Waals surface area contributed by atoms with Gasteiger partial charge in [0.05, 0.1) is 36.5 Å². The zero-order valence-corrected chi connectivity index (χ0v) is 25.1. The summed E-state index contributed by atoms with van der Waals surface area (Å²) in [5.41, 5.74) is 3.34. The van der Waals surface area contributed by atoms with Gasteiger partial charge in [0.25, 0.3) is 5.91 Å². The standard InChI is InChI=1S/C30H35F2N5O2.ClHS/c1-19-10-20(2)18-36(17-19)30(38)21-11-25(27-4-3-5-37(27)24-14-22(31)13-23(32)15-24)29-26(12-21)33-16-28(34-29)35-6-8-39-9-7-35;1-2/h11-16,19-20,27H,3-10,17-18H2,1-2H3;2H. The van der Waals surface area contributed by atoms with Gasteiger partial charge in [0.2, 0.25) is 0 Å². The van der Waals surface area contributed by atoms with Crippen molar-refractivity contribution in [2.24, 2.45) is 11.8 Å². The monoisotopic (exact) mass is 603 g/mol. The predicted molar refractivity (Wildman–Crippen MR) is 162 cm³/mol. The summed E-state index contributed by atoms with van der Waals surface area (Å²) in [4.78, 5) is 29.8. The molecule has 3 aromatic rings. The summed E-state index contributed by atoms with van der Waals surface area (Å²) < 4.78 is 33.9. The summed E-state index contributed by atoms with van der Waals surface area (Å²) >= 11 is 3.00. The molecule has 0 radical (unpaired) electrons. The molecular weight excluding hydrogens is 568 g/mol. The average molecular weight is 604 g/mol. The van der Waals surface area contributed by atoms with E-state index in [1.165, 1.54) is 12.1 Å². The number of rotatable bonds is 4. The molecule has 3 unspecified atom stereocenters. The third kappa shape index (κ3) is 6.54. The molecule has 0 N–H and O–H groups in total. The maximum Gasteiger partial charge on any atom is 0.253 e. The van der Waals surface area contributed by atoms with Gasteiger partial charge >= 0.3 is 0 Å². The van der Waals surface area contributed by atoms with Crippen LogP contribution in [0.2, 0.25) is 0 Å². The lowest BCUT2D eigenvalue weighted by Gasteiger charge is -2.35. The molecule has 0 aliphatic carbocycles. The van der Waals surface area contributed by atoms with Crippen LogP contribution in [-0.2, 0) is 4.74 Å². The number of anilines is 2. The Labute approximate surface area is 249 Å². The zero-order chi connectivity index (χ0) is 29.1. The number of piperidine rings is 1. The van der Waals surface area contributed by atoms with Crippen molar-refractivity contribution in [1.29, 1.82) is 0 Å². The third-order valence-corrected chi connectivity index (χ3v) is 8.19. The van der Waals surface area contributed by atoms with E-state index in [9.17, 15) is 13.6 Å². The number of morpholine rings is 1. The first kappa shape index (κ1) is 29.8. The van der Waals surface area contributed by atoms with Crippen molar-refractivity contribution in [3.05, 3.63) is 59.3 Å². The number of hydrogen-bond donors (Lipinski definition) is 1. The third-order valence-electron chi connectivity index (χ3n) is 8.19. The van der Waals surface area contributed by atoms with Crippen LogP contribution in [0.5, 0.6) is 0 Å². The van der Waals surface area contributed by atoms with Crippen molar-refractivity contribution in [3.8, 4) is 0 Å². The van der Waals surface area contributed by atoms with E-state index in [1.807, 2.05) is 21.9 Å². The van der Waals surface area contributed by atoms with E-state index in [4.69, 9.17) is 14.7 Å². The summed E-state index contributed by atoms with van der Waals surface area (Å²) in [5, 5.41) is 0. The fourth-order valence-corrected chi connectivity index (χ4v) is 6.57. The minimum atomic E-state index is -0.604. The number of nitrogens with zero attached hydrogens (tertiary/aromatic N) is 5. The predicted octanol–water partition coefficient (Wildman–Crippen LogP) is 6.27. The van der Waals surface area contributed by atoms with Crippen molar-refractivity contribution in [1.82, 2.24) is 14.9 Å². The van der Waals surface area contributed by atoms with Crippen LogP contribution in [-0.4, -0.2) is 66.7 Å². The number of aromatic nitrogens is 2. The Kier molecular flexibility index (Phi) is 9.51. The molecule has 1 aromatic heterocycles.